The van der Waals surface area contributed by atoms with Crippen molar-refractivity contribution in [2.75, 3.05) is 14.2 Å². The summed E-state index contributed by atoms with van der Waals surface area (Å²) in [6.07, 6.45) is 7.01. The molecule has 0 fully saturated rings. The van der Waals surface area contributed by atoms with E-state index < -0.39 is 0 Å². The monoisotopic (exact) mass is 252 g/mol. The Hall–Kier alpha value is -1.18. The van der Waals surface area contributed by atoms with Gasteiger partial charge in [0, 0.05) is 0 Å². The lowest BCUT2D eigenvalue weighted by Crippen LogP contribution is -1.90. The van der Waals surface area contributed by atoms with Crippen LogP contribution in [0.3, 0.4) is 0 Å². The summed E-state index contributed by atoms with van der Waals surface area (Å²) < 4.78 is 10.2. The summed E-state index contributed by atoms with van der Waals surface area (Å²) in [7, 11) is 3.27. The van der Waals surface area contributed by atoms with Crippen molar-refractivity contribution in [2.45, 2.75) is 52.9 Å². The van der Waals surface area contributed by atoms with Gasteiger partial charge in [0.1, 0.15) is 0 Å². The lowest BCUT2D eigenvalue weighted by atomic mass is 10.2. The summed E-state index contributed by atoms with van der Waals surface area (Å²) in [5.74, 6) is 1.56. The van der Waals surface area contributed by atoms with Gasteiger partial charge in [0.25, 0.3) is 0 Å². The Morgan fingerprint density at radius 2 is 1.39 bits per heavy atom. The Labute approximate surface area is 112 Å². The van der Waals surface area contributed by atoms with Crippen LogP contribution in [0.1, 0.15) is 51.5 Å². The Morgan fingerprint density at radius 1 is 0.833 bits per heavy atom. The fraction of sp³-hybridized carbons (Fsp3) is 0.625. The highest BCUT2D eigenvalue weighted by atomic mass is 16.5. The smallest absolute Gasteiger partial charge is 0.160 e. The molecule has 0 spiro atoms. The van der Waals surface area contributed by atoms with Crippen LogP contribution in [0.4, 0.5) is 0 Å². The normalized spacial score (nSPS) is 9.39. The highest BCUT2D eigenvalue weighted by molar-refractivity contribution is 5.42. The summed E-state index contributed by atoms with van der Waals surface area (Å²) >= 11 is 0. The third-order valence-corrected chi connectivity index (χ3v) is 2.75. The summed E-state index contributed by atoms with van der Waals surface area (Å²) in [5.41, 5.74) is 1.17. The van der Waals surface area contributed by atoms with Gasteiger partial charge in [-0.15, -0.1) is 0 Å². The van der Waals surface area contributed by atoms with E-state index in [-0.39, 0.29) is 0 Å². The van der Waals surface area contributed by atoms with Gasteiger partial charge in [-0.3, -0.25) is 0 Å². The average molecular weight is 252 g/mol. The van der Waals surface area contributed by atoms with Crippen molar-refractivity contribution in [3.05, 3.63) is 23.8 Å². The number of rotatable bonds is 6. The standard InChI is InChI=1S/C9H12O2.C7H16/c1-7-4-5-8(10-2)9(6-7)11-3;1-3-5-7-6-4-2/h4-6H,1-3H3;3-7H2,1-2H3. The molecule has 1 rings (SSSR count). The molecule has 0 aliphatic heterocycles. The second-order valence-corrected chi connectivity index (χ2v) is 4.42. The molecule has 1 aromatic rings. The van der Waals surface area contributed by atoms with Gasteiger partial charge in [0.15, 0.2) is 11.5 Å². The van der Waals surface area contributed by atoms with E-state index >= 15 is 0 Å². The first-order chi connectivity index (χ1) is 8.69. The number of ether oxygens (including phenoxy) is 2. The second-order valence-electron chi connectivity index (χ2n) is 4.42. The lowest BCUT2D eigenvalue weighted by Gasteiger charge is -2.06. The maximum Gasteiger partial charge on any atom is 0.160 e. The van der Waals surface area contributed by atoms with E-state index in [0.717, 1.165) is 11.5 Å². The predicted octanol–water partition coefficient (Wildman–Crippen LogP) is 4.99. The van der Waals surface area contributed by atoms with Gasteiger partial charge in [-0.05, 0) is 24.6 Å². The fourth-order valence-corrected chi connectivity index (χ4v) is 1.62. The molecule has 0 radical (unpaired) electrons. The van der Waals surface area contributed by atoms with Crippen molar-refractivity contribution >= 4 is 0 Å². The molecule has 1 aromatic carbocycles. The molecule has 104 valence electrons. The first kappa shape index (κ1) is 16.8. The molecule has 0 heterocycles. The van der Waals surface area contributed by atoms with Crippen molar-refractivity contribution in [2.24, 2.45) is 0 Å². The summed E-state index contributed by atoms with van der Waals surface area (Å²) in [4.78, 5) is 0. The molecule has 2 heteroatoms. The SMILES string of the molecule is CCCCCCC.COc1ccc(C)cc1OC. The van der Waals surface area contributed by atoms with E-state index in [1.165, 1.54) is 37.7 Å². The second kappa shape index (κ2) is 10.9. The molecule has 2 nitrogen and oxygen atoms in total. The van der Waals surface area contributed by atoms with Crippen LogP contribution in [-0.2, 0) is 0 Å². The molecule has 0 unspecified atom stereocenters. The number of methoxy groups -OCH3 is 2. The maximum atomic E-state index is 5.09. The zero-order valence-corrected chi connectivity index (χ0v) is 12.6. The Kier molecular flexibility index (Phi) is 10.2. The topological polar surface area (TPSA) is 18.5 Å². The lowest BCUT2D eigenvalue weighted by molar-refractivity contribution is 0.354. The molecule has 0 aliphatic carbocycles. The van der Waals surface area contributed by atoms with E-state index in [9.17, 15) is 0 Å². The zero-order chi connectivity index (χ0) is 13.8. The molecular formula is C16H28O2. The van der Waals surface area contributed by atoms with E-state index in [4.69, 9.17) is 9.47 Å². The van der Waals surface area contributed by atoms with E-state index in [2.05, 4.69) is 13.8 Å². The van der Waals surface area contributed by atoms with Crippen LogP contribution in [0.25, 0.3) is 0 Å². The Bertz CT molecular complexity index is 304. The molecule has 0 amide bonds. The Balaban J connectivity index is 0.000000360. The molecule has 0 bridgehead atoms. The minimum Gasteiger partial charge on any atom is -0.493 e. The van der Waals surface area contributed by atoms with Crippen LogP contribution in [0.15, 0.2) is 18.2 Å². The largest absolute Gasteiger partial charge is 0.493 e. The first-order valence-corrected chi connectivity index (χ1v) is 6.88. The van der Waals surface area contributed by atoms with Crippen LogP contribution >= 0.6 is 0 Å². The Morgan fingerprint density at radius 3 is 1.83 bits per heavy atom. The molecular weight excluding hydrogens is 224 g/mol. The summed E-state index contributed by atoms with van der Waals surface area (Å²) in [6, 6.07) is 5.83. The molecule has 0 atom stereocenters. The molecule has 0 N–H and O–H groups in total. The summed E-state index contributed by atoms with van der Waals surface area (Å²) in [5, 5.41) is 0. The zero-order valence-electron chi connectivity index (χ0n) is 12.6. The van der Waals surface area contributed by atoms with Crippen molar-refractivity contribution in [3.63, 3.8) is 0 Å². The number of hydrogen-bond donors (Lipinski definition) is 0. The number of benzene rings is 1. The van der Waals surface area contributed by atoms with E-state index in [0.29, 0.717) is 0 Å². The van der Waals surface area contributed by atoms with E-state index in [1.807, 2.05) is 25.1 Å². The molecule has 0 aliphatic rings. The van der Waals surface area contributed by atoms with Crippen LogP contribution < -0.4 is 9.47 Å². The van der Waals surface area contributed by atoms with Crippen molar-refractivity contribution in [1.29, 1.82) is 0 Å². The fourth-order valence-electron chi connectivity index (χ4n) is 1.62. The average Bonchev–Trinajstić information content (AvgIpc) is 2.40. The summed E-state index contributed by atoms with van der Waals surface area (Å²) in [6.45, 7) is 6.51. The van der Waals surface area contributed by atoms with Crippen LogP contribution in [-0.4, -0.2) is 14.2 Å². The third kappa shape index (κ3) is 7.21. The van der Waals surface area contributed by atoms with Crippen LogP contribution in [0.5, 0.6) is 11.5 Å². The van der Waals surface area contributed by atoms with Crippen molar-refractivity contribution in [1.82, 2.24) is 0 Å². The van der Waals surface area contributed by atoms with Gasteiger partial charge in [-0.2, -0.15) is 0 Å². The third-order valence-electron chi connectivity index (χ3n) is 2.75. The van der Waals surface area contributed by atoms with Gasteiger partial charge in [0.05, 0.1) is 14.2 Å². The maximum absolute atomic E-state index is 5.09. The quantitative estimate of drug-likeness (QED) is 0.664. The molecule has 0 saturated carbocycles. The predicted molar refractivity (Wildman–Crippen MR) is 78.7 cm³/mol. The number of hydrogen-bond acceptors (Lipinski definition) is 2. The minimum atomic E-state index is 0.776. The van der Waals surface area contributed by atoms with Crippen LogP contribution in [0, 0.1) is 6.92 Å². The molecule has 18 heavy (non-hydrogen) atoms. The van der Waals surface area contributed by atoms with Gasteiger partial charge in [-0.25, -0.2) is 0 Å². The molecule has 0 saturated heterocycles. The van der Waals surface area contributed by atoms with E-state index in [1.54, 1.807) is 14.2 Å². The highest BCUT2D eigenvalue weighted by Crippen LogP contribution is 2.26. The first-order valence-electron chi connectivity index (χ1n) is 6.88. The number of unbranched alkanes of at least 4 members (excludes halogenated alkanes) is 4. The highest BCUT2D eigenvalue weighted by Gasteiger charge is 2.00. The van der Waals surface area contributed by atoms with Gasteiger partial charge in [0.2, 0.25) is 0 Å². The number of aryl methyl sites for hydroxylation is 1. The van der Waals surface area contributed by atoms with Gasteiger partial charge in [-0.1, -0.05) is 52.0 Å². The van der Waals surface area contributed by atoms with Crippen molar-refractivity contribution < 1.29 is 9.47 Å². The van der Waals surface area contributed by atoms with Crippen molar-refractivity contribution in [3.8, 4) is 11.5 Å². The van der Waals surface area contributed by atoms with Gasteiger partial charge >= 0.3 is 0 Å². The minimum absolute atomic E-state index is 0.776. The molecule has 0 aromatic heterocycles. The van der Waals surface area contributed by atoms with Crippen LogP contribution in [0.2, 0.25) is 0 Å². The van der Waals surface area contributed by atoms with Gasteiger partial charge < -0.3 is 9.47 Å².